The average Bonchev–Trinajstić information content (AvgIpc) is 2.77. The summed E-state index contributed by atoms with van der Waals surface area (Å²) >= 11 is -3.66. The molecule has 3 aromatic carbocycles. The van der Waals surface area contributed by atoms with Crippen LogP contribution in [0.15, 0.2) is 101 Å². The Kier molecular flexibility index (Phi) is 17.2. The Labute approximate surface area is 183 Å². The van der Waals surface area contributed by atoms with Gasteiger partial charge in [0.25, 0.3) is 0 Å². The maximum absolute atomic E-state index is 10.3. The Balaban J connectivity index is 0.000000383. The van der Waals surface area contributed by atoms with Crippen LogP contribution in [0.5, 0.6) is 0 Å². The van der Waals surface area contributed by atoms with Crippen LogP contribution in [0.1, 0.15) is 19.8 Å². The lowest BCUT2D eigenvalue weighted by molar-refractivity contribution is 0.563. The largest absolute Gasteiger partial charge is 0.399 e. The van der Waals surface area contributed by atoms with E-state index in [1.807, 2.05) is 30.3 Å². The van der Waals surface area contributed by atoms with Crippen LogP contribution in [0.3, 0.4) is 0 Å². The molecule has 0 bridgehead atoms. The van der Waals surface area contributed by atoms with Crippen LogP contribution in [0.2, 0.25) is 0 Å². The van der Waals surface area contributed by atoms with Crippen molar-refractivity contribution in [2.24, 2.45) is 5.73 Å². The van der Waals surface area contributed by atoms with Crippen LogP contribution < -0.4 is 11.5 Å². The maximum Gasteiger partial charge on any atom is 0.186 e. The highest BCUT2D eigenvalue weighted by molar-refractivity contribution is 7.79. The molecular weight excluding hydrogens is 420 g/mol. The molecule has 0 radical (unpaired) electrons. The van der Waals surface area contributed by atoms with Crippen molar-refractivity contribution in [1.82, 2.24) is 0 Å². The summed E-state index contributed by atoms with van der Waals surface area (Å²) in [5, 5.41) is 0. The molecule has 0 saturated carbocycles. The molecule has 0 aliphatic carbocycles. The van der Waals surface area contributed by atoms with Gasteiger partial charge in [-0.2, -0.15) is 0 Å². The van der Waals surface area contributed by atoms with E-state index < -0.39 is 22.2 Å². The molecule has 3 rings (SSSR count). The standard InChI is InChI=1S/C6H7N.2C6H6O2S.C4H11N/c7-6-4-2-1-3-5-6;2*7-9(8)6-4-2-1-3-5-6;1-2-3-4-5/h1-5H,7H2;2*1-5H,(H,7,8);2-5H2,1H3. The van der Waals surface area contributed by atoms with E-state index in [2.05, 4.69) is 6.92 Å². The summed E-state index contributed by atoms with van der Waals surface area (Å²) in [6.07, 6.45) is 2.39. The lowest BCUT2D eigenvalue weighted by Gasteiger charge is -1.89. The Morgan fingerprint density at radius 2 is 1.03 bits per heavy atom. The molecule has 3 aromatic rings. The van der Waals surface area contributed by atoms with E-state index in [1.54, 1.807) is 60.7 Å². The highest BCUT2D eigenvalue weighted by Crippen LogP contribution is 2.01. The summed E-state index contributed by atoms with van der Waals surface area (Å²) in [6, 6.07) is 26.4. The lowest BCUT2D eigenvalue weighted by atomic mass is 10.3. The SMILES string of the molecule is CCCCN.Nc1ccccc1.O=S(O)c1ccccc1.O=S(O)c1ccccc1. The zero-order valence-electron chi connectivity index (χ0n) is 17.0. The highest BCUT2D eigenvalue weighted by Gasteiger charge is 1.94. The van der Waals surface area contributed by atoms with Crippen molar-refractivity contribution >= 4 is 27.8 Å². The number of rotatable bonds is 4. The minimum Gasteiger partial charge on any atom is -0.399 e. The lowest BCUT2D eigenvalue weighted by Crippen LogP contribution is -1.95. The van der Waals surface area contributed by atoms with E-state index in [9.17, 15) is 8.42 Å². The number of unbranched alkanes of at least 4 members (excludes halogenated alkanes) is 1. The molecule has 8 heteroatoms. The summed E-state index contributed by atoms with van der Waals surface area (Å²) < 4.78 is 37.6. The molecule has 0 aromatic heterocycles. The van der Waals surface area contributed by atoms with Crippen molar-refractivity contribution in [3.8, 4) is 0 Å². The molecule has 0 spiro atoms. The second kappa shape index (κ2) is 18.7. The van der Waals surface area contributed by atoms with E-state index in [0.717, 1.165) is 12.2 Å². The van der Waals surface area contributed by atoms with Gasteiger partial charge in [-0.1, -0.05) is 67.9 Å². The topological polar surface area (TPSA) is 127 Å². The van der Waals surface area contributed by atoms with Crippen LogP contribution in [0.25, 0.3) is 0 Å². The molecule has 6 N–H and O–H groups in total. The zero-order chi connectivity index (χ0) is 22.6. The Morgan fingerprint density at radius 1 is 0.700 bits per heavy atom. The third-order valence-electron chi connectivity index (χ3n) is 3.25. The Hall–Kier alpha value is -2.36. The van der Waals surface area contributed by atoms with E-state index in [0.29, 0.717) is 9.79 Å². The summed E-state index contributed by atoms with van der Waals surface area (Å²) in [5.74, 6) is 0. The second-order valence-electron chi connectivity index (χ2n) is 5.68. The van der Waals surface area contributed by atoms with Crippen LogP contribution in [-0.4, -0.2) is 24.1 Å². The van der Waals surface area contributed by atoms with E-state index in [4.69, 9.17) is 20.6 Å². The van der Waals surface area contributed by atoms with E-state index in [1.165, 1.54) is 12.8 Å². The normalized spacial score (nSPS) is 11.2. The summed E-state index contributed by atoms with van der Waals surface area (Å²) in [5.41, 5.74) is 11.3. The second-order valence-corrected chi connectivity index (χ2v) is 7.62. The number of anilines is 1. The first-order valence-electron chi connectivity index (χ1n) is 9.24. The van der Waals surface area contributed by atoms with Crippen molar-refractivity contribution < 1.29 is 17.5 Å². The molecule has 0 fully saturated rings. The van der Waals surface area contributed by atoms with E-state index >= 15 is 0 Å². The van der Waals surface area contributed by atoms with Gasteiger partial charge >= 0.3 is 0 Å². The van der Waals surface area contributed by atoms with Gasteiger partial charge < -0.3 is 20.6 Å². The van der Waals surface area contributed by atoms with Gasteiger partial charge in [0.05, 0.1) is 9.79 Å². The quantitative estimate of drug-likeness (QED) is 0.341. The summed E-state index contributed by atoms with van der Waals surface area (Å²) in [6.45, 7) is 2.98. The minimum atomic E-state index is -1.83. The van der Waals surface area contributed by atoms with Gasteiger partial charge in [-0.3, -0.25) is 0 Å². The molecule has 6 nitrogen and oxygen atoms in total. The average molecular weight is 451 g/mol. The van der Waals surface area contributed by atoms with Gasteiger partial charge in [-0.05, 0) is 49.4 Å². The number of benzene rings is 3. The van der Waals surface area contributed by atoms with Crippen LogP contribution in [-0.2, 0) is 22.2 Å². The predicted molar refractivity (Wildman–Crippen MR) is 126 cm³/mol. The monoisotopic (exact) mass is 450 g/mol. The maximum atomic E-state index is 10.3. The highest BCUT2D eigenvalue weighted by atomic mass is 32.2. The smallest absolute Gasteiger partial charge is 0.186 e. The van der Waals surface area contributed by atoms with Gasteiger partial charge in [0.15, 0.2) is 22.2 Å². The fraction of sp³-hybridized carbons (Fsp3) is 0.182. The predicted octanol–water partition coefficient (Wildman–Crippen LogP) is 4.55. The first-order chi connectivity index (χ1) is 14.4. The number of hydrogen-bond acceptors (Lipinski definition) is 4. The van der Waals surface area contributed by atoms with Crippen LogP contribution >= 0.6 is 0 Å². The van der Waals surface area contributed by atoms with Gasteiger partial charge in [0.1, 0.15) is 0 Å². The van der Waals surface area contributed by atoms with Gasteiger partial charge in [-0.25, -0.2) is 8.42 Å². The molecule has 0 heterocycles. The van der Waals surface area contributed by atoms with Crippen LogP contribution in [0, 0.1) is 0 Å². The molecule has 0 aliphatic rings. The number of para-hydroxylation sites is 1. The zero-order valence-corrected chi connectivity index (χ0v) is 18.6. The van der Waals surface area contributed by atoms with Crippen molar-refractivity contribution in [3.63, 3.8) is 0 Å². The molecule has 2 unspecified atom stereocenters. The van der Waals surface area contributed by atoms with Crippen molar-refractivity contribution in [3.05, 3.63) is 91.0 Å². The van der Waals surface area contributed by atoms with Crippen molar-refractivity contribution in [1.29, 1.82) is 0 Å². The Bertz CT molecular complexity index is 769. The minimum absolute atomic E-state index is 0.442. The molecule has 30 heavy (non-hydrogen) atoms. The molecule has 0 saturated heterocycles. The summed E-state index contributed by atoms with van der Waals surface area (Å²) in [4.78, 5) is 0.884. The van der Waals surface area contributed by atoms with Crippen molar-refractivity contribution in [2.75, 3.05) is 12.3 Å². The summed E-state index contributed by atoms with van der Waals surface area (Å²) in [7, 11) is 0. The van der Waals surface area contributed by atoms with Crippen LogP contribution in [0.4, 0.5) is 5.69 Å². The fourth-order valence-electron chi connectivity index (χ4n) is 1.73. The number of hydrogen-bond donors (Lipinski definition) is 4. The number of nitrogens with two attached hydrogens (primary N) is 2. The first kappa shape index (κ1) is 27.6. The number of nitrogen functional groups attached to an aromatic ring is 1. The molecule has 2 atom stereocenters. The van der Waals surface area contributed by atoms with Gasteiger partial charge in [0.2, 0.25) is 0 Å². The van der Waals surface area contributed by atoms with Crippen molar-refractivity contribution in [2.45, 2.75) is 29.6 Å². The first-order valence-corrected chi connectivity index (χ1v) is 11.5. The van der Waals surface area contributed by atoms with Gasteiger partial charge in [-0.15, -0.1) is 0 Å². The molecule has 164 valence electrons. The third kappa shape index (κ3) is 15.5. The van der Waals surface area contributed by atoms with Gasteiger partial charge in [0, 0.05) is 5.69 Å². The Morgan fingerprint density at radius 3 is 1.17 bits per heavy atom. The molecular formula is C22H30N2O4S2. The van der Waals surface area contributed by atoms with E-state index in [-0.39, 0.29) is 0 Å². The molecule has 0 amide bonds. The fourth-order valence-corrected chi connectivity index (χ4v) is 2.51. The third-order valence-corrected chi connectivity index (χ3v) is 4.60. The molecule has 0 aliphatic heterocycles.